The summed E-state index contributed by atoms with van der Waals surface area (Å²) in [5.41, 5.74) is 0.123. The summed E-state index contributed by atoms with van der Waals surface area (Å²) < 4.78 is 0. The summed E-state index contributed by atoms with van der Waals surface area (Å²) in [5.74, 6) is 1.48. The highest BCUT2D eigenvalue weighted by Crippen LogP contribution is 2.47. The zero-order valence-corrected chi connectivity index (χ0v) is 28.0. The largest absolute Gasteiger partial charge is 0.337 e. The van der Waals surface area contributed by atoms with Crippen LogP contribution in [0.15, 0.2) is 0 Å². The molecule has 3 heterocycles. The molecule has 1 aromatic rings. The minimum absolute atomic E-state index is 0.0227. The van der Waals surface area contributed by atoms with Crippen molar-refractivity contribution < 1.29 is 0 Å². The maximum Gasteiger partial charge on any atom is 0.231 e. The lowest BCUT2D eigenvalue weighted by Gasteiger charge is -2.59. The molecule has 0 saturated carbocycles. The van der Waals surface area contributed by atoms with Crippen LogP contribution in [0.4, 0.5) is 11.9 Å². The molecule has 0 N–H and O–H groups in total. The lowest BCUT2D eigenvalue weighted by Crippen LogP contribution is -2.66. The number of piperidine rings is 2. The van der Waals surface area contributed by atoms with E-state index in [0.717, 1.165) is 76.6 Å². The van der Waals surface area contributed by atoms with Gasteiger partial charge in [0.1, 0.15) is 0 Å². The number of rotatable bonds is 10. The summed E-state index contributed by atoms with van der Waals surface area (Å²) in [6.07, 6.45) is 6.59. The van der Waals surface area contributed by atoms with Crippen molar-refractivity contribution in [2.24, 2.45) is 10.8 Å². The first kappa shape index (κ1) is 32.3. The molecule has 0 radical (unpaired) electrons. The summed E-state index contributed by atoms with van der Waals surface area (Å²) in [6, 6.07) is 0.619. The van der Waals surface area contributed by atoms with Gasteiger partial charge in [0, 0.05) is 60.2 Å². The Morgan fingerprint density at radius 1 is 0.692 bits per heavy atom. The number of hydrogen-bond acceptors (Lipinski definition) is 7. The molecule has 2 aliphatic heterocycles. The molecule has 224 valence electrons. The summed E-state index contributed by atoms with van der Waals surface area (Å²) in [7, 11) is 4.51. The third kappa shape index (κ3) is 5.92. The van der Waals surface area contributed by atoms with Gasteiger partial charge in [0.05, 0.1) is 0 Å². The van der Waals surface area contributed by atoms with E-state index in [1.165, 1.54) is 0 Å². The maximum atomic E-state index is 6.75. The van der Waals surface area contributed by atoms with Gasteiger partial charge in [-0.3, -0.25) is 0 Å². The first-order chi connectivity index (χ1) is 18.0. The minimum Gasteiger partial charge on any atom is -0.337 e. The third-order valence-corrected chi connectivity index (χ3v) is 11.7. The Kier molecular flexibility index (Phi) is 9.93. The van der Waals surface area contributed by atoms with E-state index in [1.807, 2.05) is 0 Å². The molecule has 2 aliphatic rings. The van der Waals surface area contributed by atoms with E-state index in [-0.39, 0.29) is 21.9 Å². The van der Waals surface area contributed by atoms with E-state index in [9.17, 15) is 0 Å². The fraction of sp³-hybridized carbons (Fsp3) is 0.903. The van der Waals surface area contributed by atoms with Crippen LogP contribution >= 0.6 is 11.6 Å². The SMILES string of the molecule is CCCCN(c1nc(Cl)nc(N(CCCC)C2CCN(C)C(C)(C)C2(C)C)n1)C1CCN(C)C(C)(C)C1(C)C. The average Bonchev–Trinajstić information content (AvgIpc) is 2.84. The Morgan fingerprint density at radius 2 is 1.05 bits per heavy atom. The van der Waals surface area contributed by atoms with Crippen molar-refractivity contribution in [3.63, 3.8) is 0 Å². The molecule has 2 saturated heterocycles. The Morgan fingerprint density at radius 3 is 1.38 bits per heavy atom. The zero-order valence-electron chi connectivity index (χ0n) is 27.2. The second-order valence-corrected chi connectivity index (χ2v) is 14.6. The molecule has 2 unspecified atom stereocenters. The molecule has 39 heavy (non-hydrogen) atoms. The van der Waals surface area contributed by atoms with Gasteiger partial charge in [0.2, 0.25) is 17.2 Å². The second-order valence-electron chi connectivity index (χ2n) is 14.3. The molecular weight excluding hydrogens is 506 g/mol. The van der Waals surface area contributed by atoms with Crippen LogP contribution in [-0.2, 0) is 0 Å². The molecule has 0 amide bonds. The van der Waals surface area contributed by atoms with E-state index in [0.29, 0.717) is 17.4 Å². The summed E-state index contributed by atoms with van der Waals surface area (Å²) in [5, 5.41) is 0.299. The quantitative estimate of drug-likeness (QED) is 0.312. The van der Waals surface area contributed by atoms with Crippen LogP contribution in [0, 0.1) is 10.8 Å². The fourth-order valence-corrected chi connectivity index (χ4v) is 6.99. The number of nitrogens with zero attached hydrogens (tertiary/aromatic N) is 7. The van der Waals surface area contributed by atoms with Crippen LogP contribution in [0.2, 0.25) is 5.28 Å². The molecular formula is C31H58ClN7. The number of hydrogen-bond donors (Lipinski definition) is 0. The molecule has 0 bridgehead atoms. The topological polar surface area (TPSA) is 51.6 Å². The van der Waals surface area contributed by atoms with Gasteiger partial charge < -0.3 is 19.6 Å². The average molecular weight is 564 g/mol. The van der Waals surface area contributed by atoms with Gasteiger partial charge in [-0.1, -0.05) is 54.4 Å². The van der Waals surface area contributed by atoms with Crippen molar-refractivity contribution in [1.82, 2.24) is 24.8 Å². The van der Waals surface area contributed by atoms with Gasteiger partial charge in [0.25, 0.3) is 0 Å². The first-order valence-electron chi connectivity index (χ1n) is 15.4. The normalized spacial score (nSPS) is 26.4. The van der Waals surface area contributed by atoms with Gasteiger partial charge in [-0.25, -0.2) is 0 Å². The third-order valence-electron chi connectivity index (χ3n) is 11.6. The van der Waals surface area contributed by atoms with Crippen LogP contribution in [0.5, 0.6) is 0 Å². The number of anilines is 2. The smallest absolute Gasteiger partial charge is 0.231 e. The van der Waals surface area contributed by atoms with E-state index in [1.54, 1.807) is 0 Å². The molecule has 7 nitrogen and oxygen atoms in total. The van der Waals surface area contributed by atoms with Gasteiger partial charge in [-0.15, -0.1) is 0 Å². The number of halogens is 1. The van der Waals surface area contributed by atoms with E-state index in [2.05, 4.69) is 103 Å². The summed E-state index contributed by atoms with van der Waals surface area (Å²) in [6.45, 7) is 27.6. The van der Waals surface area contributed by atoms with Crippen molar-refractivity contribution in [2.45, 2.75) is 131 Å². The predicted molar refractivity (Wildman–Crippen MR) is 167 cm³/mol. The Hall–Kier alpha value is -1.18. The summed E-state index contributed by atoms with van der Waals surface area (Å²) >= 11 is 6.75. The molecule has 0 aromatic carbocycles. The highest BCUT2D eigenvalue weighted by Gasteiger charge is 2.52. The van der Waals surface area contributed by atoms with Crippen LogP contribution < -0.4 is 9.80 Å². The van der Waals surface area contributed by atoms with Crippen LogP contribution in [-0.4, -0.2) is 88.2 Å². The molecule has 8 heteroatoms. The van der Waals surface area contributed by atoms with Crippen LogP contribution in [0.25, 0.3) is 0 Å². The number of likely N-dealkylation sites (tertiary alicyclic amines) is 2. The number of unbranched alkanes of at least 4 members (excludes halogenated alkanes) is 2. The Bertz CT molecular complexity index is 888. The lowest BCUT2D eigenvalue weighted by atomic mass is 9.64. The van der Waals surface area contributed by atoms with Crippen molar-refractivity contribution in [2.75, 3.05) is 50.1 Å². The molecule has 1 aromatic heterocycles. The van der Waals surface area contributed by atoms with Crippen LogP contribution in [0.1, 0.15) is 108 Å². The molecule has 3 rings (SSSR count). The van der Waals surface area contributed by atoms with Gasteiger partial charge >= 0.3 is 0 Å². The molecule has 2 atom stereocenters. The van der Waals surface area contributed by atoms with E-state index >= 15 is 0 Å². The molecule has 0 spiro atoms. The fourth-order valence-electron chi connectivity index (χ4n) is 6.84. The Balaban J connectivity index is 2.10. The predicted octanol–water partition coefficient (Wildman–Crippen LogP) is 6.76. The first-order valence-corrected chi connectivity index (χ1v) is 15.8. The molecule has 0 aliphatic carbocycles. The van der Waals surface area contributed by atoms with Crippen molar-refractivity contribution in [3.05, 3.63) is 5.28 Å². The molecule has 2 fully saturated rings. The monoisotopic (exact) mass is 563 g/mol. The minimum atomic E-state index is 0.0227. The van der Waals surface area contributed by atoms with Gasteiger partial charge in [0.15, 0.2) is 0 Å². The highest BCUT2D eigenvalue weighted by molar-refractivity contribution is 6.28. The Labute approximate surface area is 245 Å². The number of aromatic nitrogens is 3. The van der Waals surface area contributed by atoms with Gasteiger partial charge in [-0.05, 0) is 79.1 Å². The second kappa shape index (κ2) is 12.0. The highest BCUT2D eigenvalue weighted by atomic mass is 35.5. The van der Waals surface area contributed by atoms with Gasteiger partial charge in [-0.2, -0.15) is 15.0 Å². The van der Waals surface area contributed by atoms with Crippen molar-refractivity contribution in [1.29, 1.82) is 0 Å². The van der Waals surface area contributed by atoms with Crippen LogP contribution in [0.3, 0.4) is 0 Å². The standard InChI is InChI=1S/C31H58ClN7/c1-13-15-19-38(23-17-21-36(11)30(7,8)28(23,3)4)26-33-25(32)34-27(35-26)39(20-16-14-2)24-18-22-37(12)31(9,10)29(24,5)6/h23-24H,13-22H2,1-12H3. The zero-order chi connectivity index (χ0) is 29.4. The summed E-state index contributed by atoms with van der Waals surface area (Å²) in [4.78, 5) is 24.8. The lowest BCUT2D eigenvalue weighted by molar-refractivity contribution is -0.0307. The van der Waals surface area contributed by atoms with Crippen molar-refractivity contribution >= 4 is 23.5 Å². The maximum absolute atomic E-state index is 6.75. The van der Waals surface area contributed by atoms with E-state index < -0.39 is 0 Å². The van der Waals surface area contributed by atoms with E-state index in [4.69, 9.17) is 26.6 Å². The van der Waals surface area contributed by atoms with Crippen molar-refractivity contribution in [3.8, 4) is 0 Å².